The van der Waals surface area contributed by atoms with Gasteiger partial charge in [0, 0.05) is 24.5 Å². The molecule has 174 valence electrons. The molecular formula is C28H28N2O4. The van der Waals surface area contributed by atoms with Gasteiger partial charge in [-0.1, -0.05) is 55.8 Å². The van der Waals surface area contributed by atoms with Crippen LogP contribution >= 0.6 is 0 Å². The standard InChI is InChI=1S/C28H28N2O4/c1-2-3-19-34-23-11-9-21(10-12-23)25-24(26(31)22-13-16-29-17-14-22)27(32)28(33)30(25)18-15-20-7-5-4-6-8-20/h4-14,16-17,25,31H,2-3,15,18-19H2,1H3/b26-24+. The lowest BCUT2D eigenvalue weighted by molar-refractivity contribution is -0.139. The summed E-state index contributed by atoms with van der Waals surface area (Å²) < 4.78 is 5.77. The van der Waals surface area contributed by atoms with E-state index in [2.05, 4.69) is 11.9 Å². The Balaban J connectivity index is 1.70. The van der Waals surface area contributed by atoms with E-state index < -0.39 is 17.7 Å². The Bertz CT molecular complexity index is 1160. The van der Waals surface area contributed by atoms with Gasteiger partial charge in [-0.2, -0.15) is 0 Å². The molecule has 1 fully saturated rings. The van der Waals surface area contributed by atoms with Crippen LogP contribution in [0.4, 0.5) is 0 Å². The van der Waals surface area contributed by atoms with Crippen LogP contribution in [0.3, 0.4) is 0 Å². The molecular weight excluding hydrogens is 428 g/mol. The van der Waals surface area contributed by atoms with Gasteiger partial charge in [-0.25, -0.2) is 0 Å². The lowest BCUT2D eigenvalue weighted by atomic mass is 9.95. The van der Waals surface area contributed by atoms with Gasteiger partial charge in [0.1, 0.15) is 11.5 Å². The molecule has 1 saturated heterocycles. The summed E-state index contributed by atoms with van der Waals surface area (Å²) in [6.07, 6.45) is 5.68. The third kappa shape index (κ3) is 5.01. The van der Waals surface area contributed by atoms with Crippen molar-refractivity contribution in [3.05, 3.63) is 101 Å². The van der Waals surface area contributed by atoms with Crippen molar-refractivity contribution in [2.75, 3.05) is 13.2 Å². The van der Waals surface area contributed by atoms with Crippen molar-refractivity contribution in [3.63, 3.8) is 0 Å². The van der Waals surface area contributed by atoms with Crippen LogP contribution in [0.5, 0.6) is 5.75 Å². The van der Waals surface area contributed by atoms with E-state index in [-0.39, 0.29) is 11.3 Å². The van der Waals surface area contributed by atoms with E-state index in [1.165, 1.54) is 12.4 Å². The Morgan fingerprint density at radius 1 is 1.00 bits per heavy atom. The van der Waals surface area contributed by atoms with E-state index in [0.717, 1.165) is 29.7 Å². The smallest absolute Gasteiger partial charge is 0.295 e. The van der Waals surface area contributed by atoms with E-state index >= 15 is 0 Å². The molecule has 1 aliphatic heterocycles. The van der Waals surface area contributed by atoms with Crippen molar-refractivity contribution >= 4 is 17.4 Å². The van der Waals surface area contributed by atoms with Gasteiger partial charge in [0.25, 0.3) is 11.7 Å². The zero-order valence-electron chi connectivity index (χ0n) is 19.2. The number of carbonyl (C=O) groups excluding carboxylic acids is 2. The molecule has 1 atom stereocenters. The summed E-state index contributed by atoms with van der Waals surface area (Å²) in [5.74, 6) is -0.765. The molecule has 1 aromatic heterocycles. The quantitative estimate of drug-likeness (QED) is 0.214. The molecule has 0 saturated carbocycles. The fourth-order valence-electron chi connectivity index (χ4n) is 4.10. The van der Waals surface area contributed by atoms with Crippen molar-refractivity contribution in [3.8, 4) is 5.75 Å². The highest BCUT2D eigenvalue weighted by molar-refractivity contribution is 6.46. The molecule has 2 heterocycles. The molecule has 0 bridgehead atoms. The van der Waals surface area contributed by atoms with Crippen LogP contribution in [0.25, 0.3) is 5.76 Å². The van der Waals surface area contributed by atoms with Crippen molar-refractivity contribution in [1.29, 1.82) is 0 Å². The number of carbonyl (C=O) groups is 2. The molecule has 4 rings (SSSR count). The maximum atomic E-state index is 13.1. The second-order valence-corrected chi connectivity index (χ2v) is 8.24. The third-order valence-electron chi connectivity index (χ3n) is 5.94. The molecule has 1 aliphatic rings. The average Bonchev–Trinajstić information content (AvgIpc) is 3.13. The number of unbranched alkanes of at least 4 members (excludes halogenated alkanes) is 1. The predicted molar refractivity (Wildman–Crippen MR) is 130 cm³/mol. The van der Waals surface area contributed by atoms with Gasteiger partial charge >= 0.3 is 0 Å². The van der Waals surface area contributed by atoms with Crippen molar-refractivity contribution in [2.24, 2.45) is 0 Å². The van der Waals surface area contributed by atoms with E-state index in [4.69, 9.17) is 4.74 Å². The van der Waals surface area contributed by atoms with Gasteiger partial charge in [0.15, 0.2) is 0 Å². The molecule has 34 heavy (non-hydrogen) atoms. The lowest BCUT2D eigenvalue weighted by Crippen LogP contribution is -2.31. The number of ketones is 1. The highest BCUT2D eigenvalue weighted by Crippen LogP contribution is 2.39. The van der Waals surface area contributed by atoms with Crippen LogP contribution < -0.4 is 4.74 Å². The fourth-order valence-corrected chi connectivity index (χ4v) is 4.10. The Morgan fingerprint density at radius 2 is 1.71 bits per heavy atom. The number of ether oxygens (including phenoxy) is 1. The highest BCUT2D eigenvalue weighted by atomic mass is 16.5. The number of amides is 1. The maximum Gasteiger partial charge on any atom is 0.295 e. The van der Waals surface area contributed by atoms with E-state index in [9.17, 15) is 14.7 Å². The largest absolute Gasteiger partial charge is 0.507 e. The number of Topliss-reactive ketones (excluding diaryl/α,β-unsaturated/α-hetero) is 1. The first-order valence-corrected chi connectivity index (χ1v) is 11.6. The summed E-state index contributed by atoms with van der Waals surface area (Å²) in [5, 5.41) is 11.1. The topological polar surface area (TPSA) is 79.7 Å². The number of rotatable bonds is 9. The monoisotopic (exact) mass is 456 g/mol. The summed E-state index contributed by atoms with van der Waals surface area (Å²) in [5.41, 5.74) is 2.34. The molecule has 1 amide bonds. The minimum Gasteiger partial charge on any atom is -0.507 e. The third-order valence-corrected chi connectivity index (χ3v) is 5.94. The van der Waals surface area contributed by atoms with Gasteiger partial charge in [0.2, 0.25) is 0 Å². The lowest BCUT2D eigenvalue weighted by Gasteiger charge is -2.25. The zero-order chi connectivity index (χ0) is 23.9. The van der Waals surface area contributed by atoms with Crippen molar-refractivity contribution in [1.82, 2.24) is 9.88 Å². The number of nitrogens with zero attached hydrogens (tertiary/aromatic N) is 2. The first kappa shape index (κ1) is 23.2. The summed E-state index contributed by atoms with van der Waals surface area (Å²) in [6.45, 7) is 3.09. The number of pyridine rings is 1. The van der Waals surface area contributed by atoms with Crippen LogP contribution in [-0.4, -0.2) is 39.8 Å². The molecule has 1 unspecified atom stereocenters. The van der Waals surface area contributed by atoms with Crippen LogP contribution in [0.2, 0.25) is 0 Å². The van der Waals surface area contributed by atoms with E-state index in [1.807, 2.05) is 54.6 Å². The Kier molecular flexibility index (Phi) is 7.38. The Morgan fingerprint density at radius 3 is 2.38 bits per heavy atom. The Hall–Kier alpha value is -3.93. The second-order valence-electron chi connectivity index (χ2n) is 8.24. The summed E-state index contributed by atoms with van der Waals surface area (Å²) in [6, 6.07) is 19.8. The summed E-state index contributed by atoms with van der Waals surface area (Å²) in [7, 11) is 0. The number of aliphatic hydroxyl groups excluding tert-OH is 1. The van der Waals surface area contributed by atoms with Crippen LogP contribution in [0, 0.1) is 0 Å². The van der Waals surface area contributed by atoms with Gasteiger partial charge in [-0.05, 0) is 48.2 Å². The van der Waals surface area contributed by atoms with Crippen LogP contribution in [0.1, 0.15) is 42.5 Å². The zero-order valence-corrected chi connectivity index (χ0v) is 19.2. The number of hydrogen-bond acceptors (Lipinski definition) is 5. The fraction of sp³-hybridized carbons (Fsp3) is 0.250. The van der Waals surface area contributed by atoms with Gasteiger partial charge in [0.05, 0.1) is 18.2 Å². The first-order chi connectivity index (χ1) is 16.6. The number of aliphatic hydroxyl groups is 1. The maximum absolute atomic E-state index is 13.1. The Labute approximate surface area is 199 Å². The van der Waals surface area contributed by atoms with Crippen LogP contribution in [0.15, 0.2) is 84.7 Å². The highest BCUT2D eigenvalue weighted by Gasteiger charge is 2.45. The normalized spacial score (nSPS) is 17.2. The molecule has 0 radical (unpaired) electrons. The minimum atomic E-state index is -0.693. The van der Waals surface area contributed by atoms with E-state index in [1.54, 1.807) is 17.0 Å². The summed E-state index contributed by atoms with van der Waals surface area (Å²) >= 11 is 0. The number of aromatic nitrogens is 1. The van der Waals surface area contributed by atoms with Crippen molar-refractivity contribution in [2.45, 2.75) is 32.2 Å². The van der Waals surface area contributed by atoms with Crippen LogP contribution in [-0.2, 0) is 16.0 Å². The van der Waals surface area contributed by atoms with E-state index in [0.29, 0.717) is 25.1 Å². The molecule has 6 nitrogen and oxygen atoms in total. The minimum absolute atomic E-state index is 0.0870. The van der Waals surface area contributed by atoms with Crippen molar-refractivity contribution < 1.29 is 19.4 Å². The molecule has 0 spiro atoms. The molecule has 0 aliphatic carbocycles. The number of likely N-dealkylation sites (tertiary alicyclic amines) is 1. The first-order valence-electron chi connectivity index (χ1n) is 11.6. The molecule has 6 heteroatoms. The van der Waals surface area contributed by atoms with Gasteiger partial charge < -0.3 is 14.7 Å². The average molecular weight is 457 g/mol. The SMILES string of the molecule is CCCCOc1ccc(C2/C(=C(\O)c3ccncc3)C(=O)C(=O)N2CCc2ccccc2)cc1. The molecule has 2 aromatic carbocycles. The number of hydrogen-bond donors (Lipinski definition) is 1. The molecule has 3 aromatic rings. The van der Waals surface area contributed by atoms with Gasteiger partial charge in [-0.15, -0.1) is 0 Å². The second kappa shape index (κ2) is 10.8. The summed E-state index contributed by atoms with van der Waals surface area (Å²) in [4.78, 5) is 31.7. The number of benzene rings is 2. The molecule has 1 N–H and O–H groups in total. The predicted octanol–water partition coefficient (Wildman–Crippen LogP) is 4.92. The van der Waals surface area contributed by atoms with Gasteiger partial charge in [-0.3, -0.25) is 14.6 Å².